The molecule has 0 bridgehead atoms. The second-order valence-corrected chi connectivity index (χ2v) is 9.77. The van der Waals surface area contributed by atoms with E-state index in [9.17, 15) is 9.90 Å². The van der Waals surface area contributed by atoms with E-state index in [1.807, 2.05) is 23.1 Å². The van der Waals surface area contributed by atoms with Crippen molar-refractivity contribution in [3.8, 4) is 11.1 Å². The number of carbonyl (C=O) groups excluding carboxylic acids is 1. The highest BCUT2D eigenvalue weighted by atomic mass is 35.5. The SMILES string of the molecule is CC(=O)N1CCCC(C(C)Nc2c(Cl)cnc3ccc(-c4cnc(C(C)(C)O)nc4)cc23)C1. The van der Waals surface area contributed by atoms with Gasteiger partial charge in [-0.1, -0.05) is 17.7 Å². The van der Waals surface area contributed by atoms with Gasteiger partial charge in [0, 0.05) is 55.6 Å². The van der Waals surface area contributed by atoms with Crippen molar-refractivity contribution in [2.24, 2.45) is 5.92 Å². The van der Waals surface area contributed by atoms with Gasteiger partial charge in [0.2, 0.25) is 5.91 Å². The summed E-state index contributed by atoms with van der Waals surface area (Å²) in [6.45, 7) is 8.67. The van der Waals surface area contributed by atoms with E-state index in [4.69, 9.17) is 11.6 Å². The van der Waals surface area contributed by atoms with Crippen molar-refractivity contribution in [1.29, 1.82) is 0 Å². The minimum absolute atomic E-state index is 0.127. The molecule has 0 saturated carbocycles. The summed E-state index contributed by atoms with van der Waals surface area (Å²) >= 11 is 6.59. The zero-order valence-electron chi connectivity index (χ0n) is 19.5. The number of hydrogen-bond donors (Lipinski definition) is 2. The number of nitrogens with one attached hydrogen (secondary N) is 1. The highest BCUT2D eigenvalue weighted by Gasteiger charge is 2.27. The van der Waals surface area contributed by atoms with Crippen molar-refractivity contribution in [2.75, 3.05) is 18.4 Å². The first-order valence-electron chi connectivity index (χ1n) is 11.3. The lowest BCUT2D eigenvalue weighted by molar-refractivity contribution is -0.130. The van der Waals surface area contributed by atoms with E-state index in [-0.39, 0.29) is 11.9 Å². The Morgan fingerprint density at radius 1 is 1.21 bits per heavy atom. The third kappa shape index (κ3) is 5.09. The van der Waals surface area contributed by atoms with E-state index in [1.54, 1.807) is 39.4 Å². The van der Waals surface area contributed by atoms with E-state index >= 15 is 0 Å². The van der Waals surface area contributed by atoms with Crippen LogP contribution in [-0.2, 0) is 10.4 Å². The fourth-order valence-corrected chi connectivity index (χ4v) is 4.54. The molecule has 0 aliphatic carbocycles. The Kier molecular flexibility index (Phi) is 6.54. The molecule has 1 amide bonds. The number of piperidine rings is 1. The standard InChI is InChI=1S/C25H30ClN5O2/c1-15(18-6-5-9-31(14-18)16(2)32)30-23-20-10-17(7-8-22(20)27-13-21(23)26)19-11-28-24(29-12-19)25(3,4)33/h7-8,10-13,15,18,33H,5-6,9,14H2,1-4H3,(H,27,30). The molecule has 2 atom stereocenters. The molecular weight excluding hydrogens is 438 g/mol. The number of fused-ring (bicyclic) bond motifs is 1. The summed E-state index contributed by atoms with van der Waals surface area (Å²) in [7, 11) is 0. The quantitative estimate of drug-likeness (QED) is 0.568. The van der Waals surface area contributed by atoms with Crippen LogP contribution in [0.2, 0.25) is 5.02 Å². The van der Waals surface area contributed by atoms with E-state index in [2.05, 4.69) is 27.2 Å². The number of rotatable bonds is 5. The fraction of sp³-hybridized carbons (Fsp3) is 0.440. The smallest absolute Gasteiger partial charge is 0.219 e. The summed E-state index contributed by atoms with van der Waals surface area (Å²) in [4.78, 5) is 26.9. The number of likely N-dealkylation sites (tertiary alicyclic amines) is 1. The van der Waals surface area contributed by atoms with Crippen molar-refractivity contribution in [2.45, 2.75) is 52.2 Å². The molecular formula is C25H30ClN5O2. The molecule has 1 fully saturated rings. The third-order valence-corrected chi connectivity index (χ3v) is 6.62. The van der Waals surface area contributed by atoms with Gasteiger partial charge in [0.25, 0.3) is 0 Å². The topological polar surface area (TPSA) is 91.2 Å². The van der Waals surface area contributed by atoms with Crippen LogP contribution in [0.3, 0.4) is 0 Å². The molecule has 2 unspecified atom stereocenters. The maximum atomic E-state index is 11.9. The summed E-state index contributed by atoms with van der Waals surface area (Å²) in [5.74, 6) is 0.842. The summed E-state index contributed by atoms with van der Waals surface area (Å²) in [5, 5.41) is 15.2. The van der Waals surface area contributed by atoms with Gasteiger partial charge in [0.05, 0.1) is 16.2 Å². The maximum Gasteiger partial charge on any atom is 0.219 e. The van der Waals surface area contributed by atoms with Gasteiger partial charge in [-0.3, -0.25) is 9.78 Å². The van der Waals surface area contributed by atoms with Gasteiger partial charge >= 0.3 is 0 Å². The number of aliphatic hydroxyl groups is 1. The second kappa shape index (κ2) is 9.23. The van der Waals surface area contributed by atoms with Crippen molar-refractivity contribution in [1.82, 2.24) is 19.9 Å². The number of anilines is 1. The molecule has 4 rings (SSSR count). The van der Waals surface area contributed by atoms with Crippen LogP contribution in [0, 0.1) is 5.92 Å². The number of amides is 1. The minimum atomic E-state index is -1.09. The van der Waals surface area contributed by atoms with Crippen LogP contribution in [-0.4, -0.2) is 50.0 Å². The zero-order chi connectivity index (χ0) is 23.8. The van der Waals surface area contributed by atoms with Crippen LogP contribution in [0.25, 0.3) is 22.0 Å². The molecule has 2 N–H and O–H groups in total. The molecule has 1 aromatic carbocycles. The molecule has 1 saturated heterocycles. The normalized spacial score (nSPS) is 17.8. The zero-order valence-corrected chi connectivity index (χ0v) is 20.2. The number of nitrogens with zero attached hydrogens (tertiary/aromatic N) is 4. The highest BCUT2D eigenvalue weighted by molar-refractivity contribution is 6.34. The van der Waals surface area contributed by atoms with E-state index in [0.717, 1.165) is 53.6 Å². The highest BCUT2D eigenvalue weighted by Crippen LogP contribution is 2.34. The Labute approximate surface area is 199 Å². The average molecular weight is 468 g/mol. The first-order valence-corrected chi connectivity index (χ1v) is 11.7. The molecule has 3 heterocycles. The predicted octanol–water partition coefficient (Wildman–Crippen LogP) is 4.63. The number of benzene rings is 1. The minimum Gasteiger partial charge on any atom is -0.382 e. The van der Waals surface area contributed by atoms with E-state index in [0.29, 0.717) is 16.8 Å². The lowest BCUT2D eigenvalue weighted by atomic mass is 9.91. The molecule has 33 heavy (non-hydrogen) atoms. The molecule has 2 aromatic heterocycles. The van der Waals surface area contributed by atoms with Gasteiger partial charge in [-0.25, -0.2) is 9.97 Å². The van der Waals surface area contributed by atoms with Crippen molar-refractivity contribution < 1.29 is 9.90 Å². The lowest BCUT2D eigenvalue weighted by Crippen LogP contribution is -2.43. The van der Waals surface area contributed by atoms with E-state index < -0.39 is 5.60 Å². The van der Waals surface area contributed by atoms with Crippen molar-refractivity contribution >= 4 is 34.1 Å². The predicted molar refractivity (Wildman–Crippen MR) is 131 cm³/mol. The Morgan fingerprint density at radius 2 is 1.94 bits per heavy atom. The largest absolute Gasteiger partial charge is 0.382 e. The van der Waals surface area contributed by atoms with Crippen molar-refractivity contribution in [3.63, 3.8) is 0 Å². The van der Waals surface area contributed by atoms with Gasteiger partial charge in [-0.2, -0.15) is 0 Å². The van der Waals surface area contributed by atoms with Crippen LogP contribution in [0.5, 0.6) is 0 Å². The molecule has 1 aliphatic heterocycles. The first-order chi connectivity index (χ1) is 15.6. The average Bonchev–Trinajstić information content (AvgIpc) is 2.80. The van der Waals surface area contributed by atoms with Gasteiger partial charge in [-0.05, 0) is 57.2 Å². The lowest BCUT2D eigenvalue weighted by Gasteiger charge is -2.36. The molecule has 7 nitrogen and oxygen atoms in total. The molecule has 0 spiro atoms. The Hall–Kier alpha value is -2.77. The molecule has 8 heteroatoms. The Bertz CT molecular complexity index is 1160. The molecule has 174 valence electrons. The third-order valence-electron chi connectivity index (χ3n) is 6.34. The molecule has 1 aliphatic rings. The summed E-state index contributed by atoms with van der Waals surface area (Å²) in [6, 6.07) is 6.10. The summed E-state index contributed by atoms with van der Waals surface area (Å²) < 4.78 is 0. The van der Waals surface area contributed by atoms with Gasteiger partial charge in [0.15, 0.2) is 5.82 Å². The summed E-state index contributed by atoms with van der Waals surface area (Å²) in [5.41, 5.74) is 2.35. The molecule has 3 aromatic rings. The first kappa shape index (κ1) is 23.4. The number of hydrogen-bond acceptors (Lipinski definition) is 6. The number of halogens is 1. The summed E-state index contributed by atoms with van der Waals surface area (Å²) in [6.07, 6.45) is 7.17. The number of pyridine rings is 1. The van der Waals surface area contributed by atoms with Crippen LogP contribution >= 0.6 is 11.6 Å². The Morgan fingerprint density at radius 3 is 2.61 bits per heavy atom. The van der Waals surface area contributed by atoms with Crippen LogP contribution in [0.4, 0.5) is 5.69 Å². The monoisotopic (exact) mass is 467 g/mol. The van der Waals surface area contributed by atoms with Gasteiger partial charge in [-0.15, -0.1) is 0 Å². The van der Waals surface area contributed by atoms with Gasteiger partial charge < -0.3 is 15.3 Å². The maximum absolute atomic E-state index is 11.9. The molecule has 0 radical (unpaired) electrons. The van der Waals surface area contributed by atoms with Crippen LogP contribution in [0.15, 0.2) is 36.8 Å². The van der Waals surface area contributed by atoms with Crippen molar-refractivity contribution in [3.05, 3.63) is 47.6 Å². The fourth-order valence-electron chi connectivity index (χ4n) is 4.34. The van der Waals surface area contributed by atoms with Gasteiger partial charge in [0.1, 0.15) is 5.60 Å². The number of carbonyl (C=O) groups is 1. The Balaban J connectivity index is 1.64. The number of aromatic nitrogens is 3. The van der Waals surface area contributed by atoms with E-state index in [1.165, 1.54) is 0 Å². The second-order valence-electron chi connectivity index (χ2n) is 9.37. The van der Waals surface area contributed by atoms with Crippen LogP contribution < -0.4 is 5.32 Å². The van der Waals surface area contributed by atoms with Crippen LogP contribution in [0.1, 0.15) is 46.4 Å².